The van der Waals surface area contributed by atoms with Crippen LogP contribution in [0, 0.1) is 0 Å². The number of nitrogens with one attached hydrogen (secondary N) is 2. The van der Waals surface area contributed by atoms with Crippen molar-refractivity contribution < 1.29 is 14.3 Å². The van der Waals surface area contributed by atoms with Gasteiger partial charge in [0.25, 0.3) is 5.91 Å². The van der Waals surface area contributed by atoms with Gasteiger partial charge in [-0.15, -0.1) is 0 Å². The molecule has 2 aromatic rings. The number of nitrogens with zero attached hydrogens (tertiary/aromatic N) is 2. The molecular weight excluding hydrogens is 436 g/mol. The lowest BCUT2D eigenvalue weighted by Crippen LogP contribution is -2.39. The van der Waals surface area contributed by atoms with Gasteiger partial charge >= 0.3 is 0 Å². The van der Waals surface area contributed by atoms with Crippen molar-refractivity contribution in [2.75, 3.05) is 51.8 Å². The summed E-state index contributed by atoms with van der Waals surface area (Å²) in [5.74, 6) is 0.782. The topological polar surface area (TPSA) is 75.2 Å². The molecule has 8 heteroatoms. The lowest BCUT2D eigenvalue weighted by Gasteiger charge is -2.25. The fourth-order valence-electron chi connectivity index (χ4n) is 2.89. The highest BCUT2D eigenvalue weighted by Gasteiger charge is 2.12. The highest BCUT2D eigenvalue weighted by molar-refractivity contribution is 9.10. The Labute approximate surface area is 179 Å². The number of hydrogen-bond acceptors (Lipinski definition) is 5. The van der Waals surface area contributed by atoms with Crippen LogP contribution in [0.5, 0.6) is 5.75 Å². The summed E-state index contributed by atoms with van der Waals surface area (Å²) in [4.78, 5) is 19.6. The number of carbonyl (C=O) groups is 1. The van der Waals surface area contributed by atoms with E-state index in [4.69, 9.17) is 9.47 Å². The van der Waals surface area contributed by atoms with E-state index >= 15 is 0 Å². The molecule has 2 aromatic carbocycles. The first-order valence-corrected chi connectivity index (χ1v) is 10.3. The third-order valence-corrected chi connectivity index (χ3v) is 4.93. The zero-order valence-corrected chi connectivity index (χ0v) is 17.9. The summed E-state index contributed by atoms with van der Waals surface area (Å²) in [7, 11) is 1.57. The molecule has 0 unspecified atom stereocenters. The van der Waals surface area contributed by atoms with Crippen LogP contribution in [0.1, 0.15) is 10.4 Å². The zero-order chi connectivity index (χ0) is 20.5. The fourth-order valence-corrected chi connectivity index (χ4v) is 3.28. The first-order chi connectivity index (χ1) is 14.1. The minimum Gasteiger partial charge on any atom is -0.497 e. The second kappa shape index (κ2) is 10.9. The molecule has 1 aliphatic rings. The molecule has 7 nitrogen and oxygen atoms in total. The molecule has 3 rings (SSSR count). The van der Waals surface area contributed by atoms with Crippen LogP contribution >= 0.6 is 15.9 Å². The smallest absolute Gasteiger partial charge is 0.258 e. The molecule has 1 heterocycles. The number of hydrogen-bond donors (Lipinski definition) is 2. The van der Waals surface area contributed by atoms with Gasteiger partial charge < -0.3 is 14.8 Å². The SMILES string of the molecule is COc1cccc(C(=O)NC(=NCCN2CCOCC2)Nc2cccc(Br)c2)c1. The summed E-state index contributed by atoms with van der Waals surface area (Å²) in [5.41, 5.74) is 1.33. The predicted octanol–water partition coefficient (Wildman–Crippen LogP) is 2.99. The van der Waals surface area contributed by atoms with E-state index in [1.807, 2.05) is 24.3 Å². The van der Waals surface area contributed by atoms with Gasteiger partial charge in [0.2, 0.25) is 5.96 Å². The Hall–Kier alpha value is -2.42. The molecule has 0 aromatic heterocycles. The van der Waals surface area contributed by atoms with Crippen LogP contribution in [-0.4, -0.2) is 63.3 Å². The molecule has 1 fully saturated rings. The van der Waals surface area contributed by atoms with Gasteiger partial charge in [0, 0.05) is 35.4 Å². The molecule has 29 heavy (non-hydrogen) atoms. The van der Waals surface area contributed by atoms with Crippen LogP contribution < -0.4 is 15.4 Å². The highest BCUT2D eigenvalue weighted by atomic mass is 79.9. The van der Waals surface area contributed by atoms with Crippen LogP contribution in [0.3, 0.4) is 0 Å². The lowest BCUT2D eigenvalue weighted by atomic mass is 10.2. The van der Waals surface area contributed by atoms with Crippen molar-refractivity contribution in [3.05, 3.63) is 58.6 Å². The molecule has 1 amide bonds. The maximum absolute atomic E-state index is 12.7. The monoisotopic (exact) mass is 460 g/mol. The summed E-state index contributed by atoms with van der Waals surface area (Å²) >= 11 is 3.46. The number of ether oxygens (including phenoxy) is 2. The van der Waals surface area contributed by atoms with E-state index in [1.165, 1.54) is 0 Å². The van der Waals surface area contributed by atoms with E-state index in [9.17, 15) is 4.79 Å². The van der Waals surface area contributed by atoms with Gasteiger partial charge in [0.15, 0.2) is 0 Å². The lowest BCUT2D eigenvalue weighted by molar-refractivity contribution is 0.0394. The Bertz CT molecular complexity index is 853. The summed E-state index contributed by atoms with van der Waals surface area (Å²) in [6.07, 6.45) is 0. The number of anilines is 1. The van der Waals surface area contributed by atoms with E-state index in [0.29, 0.717) is 23.8 Å². The zero-order valence-electron chi connectivity index (χ0n) is 16.4. The maximum atomic E-state index is 12.7. The van der Waals surface area contributed by atoms with E-state index in [2.05, 4.69) is 36.5 Å². The fraction of sp³-hybridized carbons (Fsp3) is 0.333. The first-order valence-electron chi connectivity index (χ1n) is 9.46. The molecule has 154 valence electrons. The van der Waals surface area contributed by atoms with Crippen LogP contribution in [0.25, 0.3) is 0 Å². The quantitative estimate of drug-likeness (QED) is 0.511. The minimum atomic E-state index is -0.253. The number of halogens is 1. The van der Waals surface area contributed by atoms with Gasteiger partial charge in [0.05, 0.1) is 26.9 Å². The molecule has 0 radical (unpaired) electrons. The third kappa shape index (κ3) is 6.85. The number of rotatable bonds is 6. The van der Waals surface area contributed by atoms with Crippen molar-refractivity contribution in [1.29, 1.82) is 0 Å². The number of carbonyl (C=O) groups excluding carboxylic acids is 1. The Kier molecular flexibility index (Phi) is 8.03. The summed E-state index contributed by atoms with van der Waals surface area (Å²) < 4.78 is 11.5. The summed E-state index contributed by atoms with van der Waals surface area (Å²) in [6.45, 7) is 4.68. The maximum Gasteiger partial charge on any atom is 0.258 e. The van der Waals surface area contributed by atoms with Gasteiger partial charge in [0.1, 0.15) is 5.75 Å². The number of guanidine groups is 1. The van der Waals surface area contributed by atoms with Crippen LogP contribution in [-0.2, 0) is 4.74 Å². The molecule has 0 spiro atoms. The van der Waals surface area contributed by atoms with Gasteiger partial charge in [-0.3, -0.25) is 20.0 Å². The van der Waals surface area contributed by atoms with Crippen molar-refractivity contribution >= 4 is 33.5 Å². The average Bonchev–Trinajstić information content (AvgIpc) is 2.74. The summed E-state index contributed by atoms with van der Waals surface area (Å²) in [6, 6.07) is 14.7. The number of benzene rings is 2. The van der Waals surface area contributed by atoms with Crippen molar-refractivity contribution in [2.24, 2.45) is 4.99 Å². The number of amides is 1. The Balaban J connectivity index is 1.70. The molecule has 1 saturated heterocycles. The molecule has 0 aliphatic carbocycles. The van der Waals surface area contributed by atoms with E-state index in [0.717, 1.165) is 43.0 Å². The van der Waals surface area contributed by atoms with E-state index in [-0.39, 0.29) is 5.91 Å². The van der Waals surface area contributed by atoms with Gasteiger partial charge in [-0.2, -0.15) is 0 Å². The Morgan fingerprint density at radius 1 is 1.21 bits per heavy atom. The Morgan fingerprint density at radius 2 is 2.00 bits per heavy atom. The van der Waals surface area contributed by atoms with Crippen molar-refractivity contribution in [3.63, 3.8) is 0 Å². The van der Waals surface area contributed by atoms with Crippen molar-refractivity contribution in [3.8, 4) is 5.75 Å². The first kappa shape index (κ1) is 21.3. The minimum absolute atomic E-state index is 0.253. The largest absolute Gasteiger partial charge is 0.497 e. The number of morpholine rings is 1. The second-order valence-corrected chi connectivity index (χ2v) is 7.42. The molecule has 0 bridgehead atoms. The van der Waals surface area contributed by atoms with Crippen LogP contribution in [0.2, 0.25) is 0 Å². The standard InChI is InChI=1S/C21H25BrN4O3/c1-28-19-7-2-4-16(14-19)20(27)25-21(24-18-6-3-5-17(22)15-18)23-8-9-26-10-12-29-13-11-26/h2-7,14-15H,8-13H2,1H3,(H2,23,24,25,27). The highest BCUT2D eigenvalue weighted by Crippen LogP contribution is 2.16. The molecule has 0 saturated carbocycles. The Morgan fingerprint density at radius 3 is 2.76 bits per heavy atom. The molecule has 0 atom stereocenters. The second-order valence-electron chi connectivity index (χ2n) is 6.51. The molecular formula is C21H25BrN4O3. The average molecular weight is 461 g/mol. The number of methoxy groups -OCH3 is 1. The van der Waals surface area contributed by atoms with E-state index in [1.54, 1.807) is 31.4 Å². The van der Waals surface area contributed by atoms with Crippen molar-refractivity contribution in [1.82, 2.24) is 10.2 Å². The van der Waals surface area contributed by atoms with Crippen LogP contribution in [0.4, 0.5) is 5.69 Å². The predicted molar refractivity (Wildman–Crippen MR) is 118 cm³/mol. The number of aliphatic imine (C=N–C) groups is 1. The third-order valence-electron chi connectivity index (χ3n) is 4.44. The van der Waals surface area contributed by atoms with E-state index < -0.39 is 0 Å². The summed E-state index contributed by atoms with van der Waals surface area (Å²) in [5, 5.41) is 6.08. The molecule has 1 aliphatic heterocycles. The molecule has 2 N–H and O–H groups in total. The van der Waals surface area contributed by atoms with Gasteiger partial charge in [-0.25, -0.2) is 0 Å². The van der Waals surface area contributed by atoms with Gasteiger partial charge in [-0.05, 0) is 36.4 Å². The van der Waals surface area contributed by atoms with Gasteiger partial charge in [-0.1, -0.05) is 28.1 Å². The van der Waals surface area contributed by atoms with Crippen LogP contribution in [0.15, 0.2) is 58.0 Å². The normalized spacial score (nSPS) is 15.0. The van der Waals surface area contributed by atoms with Crippen molar-refractivity contribution in [2.45, 2.75) is 0 Å².